The molecule has 47 heavy (non-hydrogen) atoms. The molecule has 0 aromatic heterocycles. The van der Waals surface area contributed by atoms with E-state index in [1.54, 1.807) is 37.4 Å². The van der Waals surface area contributed by atoms with Crippen LogP contribution < -0.4 is 35.0 Å². The number of amides is 2. The van der Waals surface area contributed by atoms with Crippen molar-refractivity contribution in [2.75, 3.05) is 26.9 Å². The Labute approximate surface area is 291 Å². The fourth-order valence-electron chi connectivity index (χ4n) is 4.65. The number of ether oxygens (including phenoxy) is 5. The lowest BCUT2D eigenvalue weighted by Gasteiger charge is -2.28. The molecule has 2 amide bonds. The Hall–Kier alpha value is -4.21. The third-order valence-corrected chi connectivity index (χ3v) is 7.94. The zero-order chi connectivity index (χ0) is 33.9. The number of rotatable bonds is 15. The van der Waals surface area contributed by atoms with Gasteiger partial charge < -0.3 is 39.4 Å². The van der Waals surface area contributed by atoms with Crippen LogP contribution >= 0.6 is 34.2 Å². The third kappa shape index (κ3) is 9.42. The quantitative estimate of drug-likeness (QED) is 0.0521. The summed E-state index contributed by atoms with van der Waals surface area (Å²) >= 11 is 8.45. The number of benzene rings is 3. The van der Waals surface area contributed by atoms with Gasteiger partial charge in [-0.2, -0.15) is 5.10 Å². The minimum atomic E-state index is -1.16. The Morgan fingerprint density at radius 1 is 1.06 bits per heavy atom. The van der Waals surface area contributed by atoms with Crippen molar-refractivity contribution in [1.82, 2.24) is 16.1 Å². The van der Waals surface area contributed by atoms with E-state index in [0.717, 1.165) is 14.7 Å². The van der Waals surface area contributed by atoms with Crippen molar-refractivity contribution < 1.29 is 38.4 Å². The van der Waals surface area contributed by atoms with Crippen molar-refractivity contribution in [3.8, 4) is 23.0 Å². The third-order valence-electron chi connectivity index (χ3n) is 6.77. The number of aliphatic hydroxyl groups excluding tert-OH is 1. The molecule has 0 aliphatic carbocycles. The summed E-state index contributed by atoms with van der Waals surface area (Å²) in [5.41, 5.74) is 5.47. The fourth-order valence-corrected chi connectivity index (χ4v) is 5.62. The first kappa shape index (κ1) is 35.6. The van der Waals surface area contributed by atoms with E-state index in [-0.39, 0.29) is 18.8 Å². The Kier molecular flexibility index (Phi) is 13.0. The smallest absolute Gasteiger partial charge is 0.337 e. The van der Waals surface area contributed by atoms with Crippen LogP contribution in [0, 0.1) is 3.57 Å². The van der Waals surface area contributed by atoms with Crippen molar-refractivity contribution in [1.29, 1.82) is 0 Å². The normalized spacial score (nSPS) is 15.0. The van der Waals surface area contributed by atoms with Gasteiger partial charge in [-0.15, -0.1) is 0 Å². The van der Waals surface area contributed by atoms with Crippen molar-refractivity contribution in [3.63, 3.8) is 0 Å². The molecule has 0 saturated heterocycles. The number of carbonyl (C=O) groups is 2. The lowest BCUT2D eigenvalue weighted by molar-refractivity contribution is -0.136. The molecule has 0 radical (unpaired) electrons. The molecule has 3 aromatic rings. The number of hydrazone groups is 1. The van der Waals surface area contributed by atoms with Gasteiger partial charge in [-0.3, -0.25) is 5.43 Å². The maximum absolute atomic E-state index is 12.5. The molecule has 12 nitrogen and oxygen atoms in total. The summed E-state index contributed by atoms with van der Waals surface area (Å²) in [6.07, 6.45) is 0.387. The predicted octanol–water partition coefficient (Wildman–Crippen LogP) is 5.44. The topological polar surface area (TPSA) is 149 Å². The Morgan fingerprint density at radius 2 is 1.81 bits per heavy atom. The number of carbonyl (C=O) groups excluding carboxylic acids is 2. The van der Waals surface area contributed by atoms with Crippen LogP contribution in [0.15, 0.2) is 71.0 Å². The van der Waals surface area contributed by atoms with Crippen molar-refractivity contribution in [2.24, 2.45) is 5.10 Å². The van der Waals surface area contributed by atoms with Gasteiger partial charge in [0.25, 0.3) is 0 Å². The van der Waals surface area contributed by atoms with Gasteiger partial charge in [-0.25, -0.2) is 9.59 Å². The number of hydrogen-bond donors (Lipinski definition) is 4. The number of esters is 1. The number of nitrogens with one attached hydrogen (secondary N) is 3. The van der Waals surface area contributed by atoms with E-state index in [9.17, 15) is 14.7 Å². The van der Waals surface area contributed by atoms with Gasteiger partial charge in [0.1, 0.15) is 13.2 Å². The number of methoxy groups -OCH3 is 1. The number of aliphatic hydroxyl groups is 1. The first-order chi connectivity index (χ1) is 22.6. The summed E-state index contributed by atoms with van der Waals surface area (Å²) in [5.74, 6) is 1.29. The summed E-state index contributed by atoms with van der Waals surface area (Å²) in [7, 11) is 1.27. The second-order valence-electron chi connectivity index (χ2n) is 10.1. The molecule has 0 saturated carbocycles. The molecule has 0 spiro atoms. The molecule has 1 aliphatic heterocycles. The molecule has 1 aliphatic rings. The van der Waals surface area contributed by atoms with Crippen molar-refractivity contribution >= 4 is 52.4 Å². The number of allylic oxidation sites excluding steroid dienone is 1. The highest BCUT2D eigenvalue weighted by Gasteiger charge is 2.32. The SMILES string of the molecule is CCOc1cc([C@H]2NC(=O)NC(C)=C2C(=O)OC)ccc1OC[C@@H](O)N/N=C/c1cc(I)c(OCc2ccccc2Cl)c(OCC)c1. The maximum Gasteiger partial charge on any atom is 0.337 e. The molecule has 3 aromatic carbocycles. The summed E-state index contributed by atoms with van der Waals surface area (Å²) in [6.45, 7) is 6.21. The van der Waals surface area contributed by atoms with Crippen LogP contribution in [0.2, 0.25) is 5.02 Å². The van der Waals surface area contributed by atoms with Crippen LogP contribution in [-0.2, 0) is 16.1 Å². The first-order valence-corrected chi connectivity index (χ1v) is 16.2. The van der Waals surface area contributed by atoms with Gasteiger partial charge >= 0.3 is 12.0 Å². The standard InChI is InChI=1S/C33H36ClIN4O8/c1-5-44-26-15-21(30-29(32(41)43-4)19(3)37-33(42)38-30)11-12-25(26)46-18-28(40)39-36-16-20-13-24(35)31(27(14-20)45-6-2)47-17-22-9-7-8-10-23(22)34/h7-16,28,30,39-40H,5-6,17-18H2,1-4H3,(H2,37,38,42)/b36-16+/t28-,30-/m1/s1. The number of nitrogens with zero attached hydrogens (tertiary/aromatic N) is 1. The summed E-state index contributed by atoms with van der Waals surface area (Å²) in [6, 6.07) is 14.9. The molecule has 0 bridgehead atoms. The predicted molar refractivity (Wildman–Crippen MR) is 185 cm³/mol. The first-order valence-electron chi connectivity index (χ1n) is 14.7. The summed E-state index contributed by atoms with van der Waals surface area (Å²) in [4.78, 5) is 24.7. The van der Waals surface area contributed by atoms with Gasteiger partial charge in [0.2, 0.25) is 0 Å². The minimum absolute atomic E-state index is 0.163. The molecule has 0 unspecified atom stereocenters. The lowest BCUT2D eigenvalue weighted by Crippen LogP contribution is -2.45. The average Bonchev–Trinajstić information content (AvgIpc) is 3.04. The molecule has 4 N–H and O–H groups in total. The van der Waals surface area contributed by atoms with Crippen molar-refractivity contribution in [2.45, 2.75) is 39.6 Å². The van der Waals surface area contributed by atoms with Crippen LogP contribution in [-0.4, -0.2) is 56.5 Å². The molecule has 14 heteroatoms. The van der Waals surface area contributed by atoms with Gasteiger partial charge in [0.15, 0.2) is 29.2 Å². The zero-order valence-electron chi connectivity index (χ0n) is 26.3. The highest BCUT2D eigenvalue weighted by Crippen LogP contribution is 2.36. The summed E-state index contributed by atoms with van der Waals surface area (Å²) in [5, 5.41) is 20.7. The average molecular weight is 779 g/mol. The molecule has 0 fully saturated rings. The Bertz CT molecular complexity index is 1650. The second kappa shape index (κ2) is 17.1. The molecule has 250 valence electrons. The molecular weight excluding hydrogens is 743 g/mol. The van der Waals surface area contributed by atoms with E-state index < -0.39 is 24.3 Å². The second-order valence-corrected chi connectivity index (χ2v) is 11.6. The van der Waals surface area contributed by atoms with Gasteiger partial charge in [0, 0.05) is 16.3 Å². The highest BCUT2D eigenvalue weighted by atomic mass is 127. The van der Waals surface area contributed by atoms with Gasteiger partial charge in [-0.1, -0.05) is 35.9 Å². The van der Waals surface area contributed by atoms with E-state index in [1.165, 1.54) is 7.11 Å². The molecule has 4 rings (SSSR count). The van der Waals surface area contributed by atoms with E-state index in [2.05, 4.69) is 43.8 Å². The molecule has 2 atom stereocenters. The van der Waals surface area contributed by atoms with Crippen LogP contribution in [0.1, 0.15) is 43.5 Å². The van der Waals surface area contributed by atoms with Crippen LogP contribution in [0.5, 0.6) is 23.0 Å². The number of hydrogen-bond acceptors (Lipinski definition) is 10. The van der Waals surface area contributed by atoms with Gasteiger partial charge in [0.05, 0.1) is 41.7 Å². The Balaban J connectivity index is 1.40. The zero-order valence-corrected chi connectivity index (χ0v) is 29.2. The van der Waals surface area contributed by atoms with E-state index >= 15 is 0 Å². The number of urea groups is 1. The molecule has 1 heterocycles. The highest BCUT2D eigenvalue weighted by molar-refractivity contribution is 14.1. The van der Waals surface area contributed by atoms with Crippen LogP contribution in [0.3, 0.4) is 0 Å². The van der Waals surface area contributed by atoms with Crippen LogP contribution in [0.4, 0.5) is 4.79 Å². The fraction of sp³-hybridized carbons (Fsp3) is 0.303. The Morgan fingerprint density at radius 3 is 2.53 bits per heavy atom. The maximum atomic E-state index is 12.5. The van der Waals surface area contributed by atoms with E-state index in [4.69, 9.17) is 35.3 Å². The van der Waals surface area contributed by atoms with Crippen molar-refractivity contribution in [3.05, 3.63) is 91.2 Å². The van der Waals surface area contributed by atoms with E-state index in [1.807, 2.05) is 44.2 Å². The minimum Gasteiger partial charge on any atom is -0.490 e. The number of halogens is 2. The van der Waals surface area contributed by atoms with E-state index in [0.29, 0.717) is 52.5 Å². The van der Waals surface area contributed by atoms with Gasteiger partial charge in [-0.05, 0) is 84.8 Å². The summed E-state index contributed by atoms with van der Waals surface area (Å²) < 4.78 is 29.2. The monoisotopic (exact) mass is 778 g/mol. The molecular formula is C33H36ClIN4O8. The lowest BCUT2D eigenvalue weighted by atomic mass is 9.95. The van der Waals surface area contributed by atoms with Crippen LogP contribution in [0.25, 0.3) is 0 Å². The largest absolute Gasteiger partial charge is 0.490 e.